The van der Waals surface area contributed by atoms with Gasteiger partial charge in [0, 0.05) is 17.8 Å². The third-order valence-corrected chi connectivity index (χ3v) is 5.91. The van der Waals surface area contributed by atoms with E-state index >= 15 is 0 Å². The number of nitrogens with zero attached hydrogens (tertiary/aromatic N) is 2. The number of benzene rings is 1. The molecule has 2 N–H and O–H groups in total. The Labute approximate surface area is 151 Å². The van der Waals surface area contributed by atoms with Crippen molar-refractivity contribution < 1.29 is 13.2 Å². The molecule has 0 saturated carbocycles. The molecule has 1 atom stereocenters. The van der Waals surface area contributed by atoms with Crippen LogP contribution in [0.5, 0.6) is 5.75 Å². The lowest BCUT2D eigenvalue weighted by Gasteiger charge is -2.14. The van der Waals surface area contributed by atoms with Crippen LogP contribution in [0.4, 0.5) is 17.3 Å². The molecular weight excluding hydrogens is 364 g/mol. The van der Waals surface area contributed by atoms with Crippen molar-refractivity contribution in [2.24, 2.45) is 0 Å². The van der Waals surface area contributed by atoms with Crippen molar-refractivity contribution in [3.8, 4) is 5.75 Å². The first-order chi connectivity index (χ1) is 11.8. The van der Waals surface area contributed by atoms with Crippen LogP contribution in [0.25, 0.3) is 0 Å². The molecule has 3 rings (SSSR count). The summed E-state index contributed by atoms with van der Waals surface area (Å²) in [5, 5.41) is 6.84. The van der Waals surface area contributed by atoms with Crippen LogP contribution in [-0.2, 0) is 9.84 Å². The van der Waals surface area contributed by atoms with Crippen LogP contribution in [0.15, 0.2) is 24.3 Å². The molecule has 1 aromatic carbocycles. The molecule has 0 spiro atoms. The summed E-state index contributed by atoms with van der Waals surface area (Å²) in [6.45, 7) is 1.78. The van der Waals surface area contributed by atoms with E-state index in [1.165, 1.54) is 0 Å². The smallest absolute Gasteiger partial charge is 0.152 e. The molecular formula is C16H19ClN4O3S. The zero-order chi connectivity index (χ0) is 18.0. The molecule has 1 unspecified atom stereocenters. The van der Waals surface area contributed by atoms with Crippen LogP contribution in [-0.4, -0.2) is 43.0 Å². The second-order valence-corrected chi connectivity index (χ2v) is 8.54. The molecule has 0 bridgehead atoms. The number of anilines is 3. The third-order valence-electron chi connectivity index (χ3n) is 3.85. The van der Waals surface area contributed by atoms with E-state index in [0.29, 0.717) is 34.7 Å². The van der Waals surface area contributed by atoms with Gasteiger partial charge in [-0.1, -0.05) is 11.6 Å². The second kappa shape index (κ2) is 7.05. The SMILES string of the molecule is COc1ccc(Nc2cc(NC3CCS(=O)(=O)C3)nc(C)n2)cc1Cl. The number of nitrogens with one attached hydrogen (secondary N) is 2. The maximum absolute atomic E-state index is 11.6. The summed E-state index contributed by atoms with van der Waals surface area (Å²) in [5.41, 5.74) is 0.762. The van der Waals surface area contributed by atoms with Gasteiger partial charge in [0.05, 0.1) is 23.6 Å². The van der Waals surface area contributed by atoms with E-state index in [4.69, 9.17) is 16.3 Å². The molecule has 134 valence electrons. The van der Waals surface area contributed by atoms with Gasteiger partial charge in [-0.25, -0.2) is 18.4 Å². The number of methoxy groups -OCH3 is 1. The zero-order valence-electron chi connectivity index (χ0n) is 13.9. The van der Waals surface area contributed by atoms with Crippen LogP contribution in [0.2, 0.25) is 5.02 Å². The highest BCUT2D eigenvalue weighted by molar-refractivity contribution is 7.91. The summed E-state index contributed by atoms with van der Waals surface area (Å²) in [5.74, 6) is 2.70. The van der Waals surface area contributed by atoms with Gasteiger partial charge >= 0.3 is 0 Å². The van der Waals surface area contributed by atoms with E-state index in [1.807, 2.05) is 6.07 Å². The van der Waals surface area contributed by atoms with Crippen LogP contribution in [0.1, 0.15) is 12.2 Å². The van der Waals surface area contributed by atoms with Gasteiger partial charge in [-0.2, -0.15) is 0 Å². The number of hydrogen-bond acceptors (Lipinski definition) is 7. The Balaban J connectivity index is 1.76. The molecule has 1 aliphatic heterocycles. The van der Waals surface area contributed by atoms with Crippen molar-refractivity contribution >= 4 is 38.8 Å². The highest BCUT2D eigenvalue weighted by atomic mass is 35.5. The van der Waals surface area contributed by atoms with Crippen LogP contribution < -0.4 is 15.4 Å². The summed E-state index contributed by atoms with van der Waals surface area (Å²) in [4.78, 5) is 8.68. The first kappa shape index (κ1) is 17.8. The molecule has 1 fully saturated rings. The predicted octanol–water partition coefficient (Wildman–Crippen LogP) is 2.79. The fourth-order valence-electron chi connectivity index (χ4n) is 2.72. The largest absolute Gasteiger partial charge is 0.495 e. The number of halogens is 1. The van der Waals surface area contributed by atoms with Crippen molar-refractivity contribution in [3.05, 3.63) is 35.1 Å². The Hall–Kier alpha value is -2.06. The number of aryl methyl sites for hydroxylation is 1. The maximum atomic E-state index is 11.6. The number of sulfone groups is 1. The van der Waals surface area contributed by atoms with Crippen LogP contribution >= 0.6 is 11.6 Å². The van der Waals surface area contributed by atoms with Gasteiger partial charge in [-0.15, -0.1) is 0 Å². The van der Waals surface area contributed by atoms with Gasteiger partial charge in [0.2, 0.25) is 0 Å². The van der Waals surface area contributed by atoms with Crippen molar-refractivity contribution in [1.82, 2.24) is 9.97 Å². The van der Waals surface area contributed by atoms with E-state index in [1.54, 1.807) is 32.2 Å². The van der Waals surface area contributed by atoms with Gasteiger partial charge in [0.15, 0.2) is 9.84 Å². The second-order valence-electron chi connectivity index (χ2n) is 5.90. The topological polar surface area (TPSA) is 93.2 Å². The Morgan fingerprint density at radius 1 is 1.24 bits per heavy atom. The summed E-state index contributed by atoms with van der Waals surface area (Å²) in [6.07, 6.45) is 0.586. The Bertz CT molecular complexity index is 889. The molecule has 2 aromatic rings. The van der Waals surface area contributed by atoms with Crippen LogP contribution in [0, 0.1) is 6.92 Å². The van der Waals surface area contributed by atoms with Gasteiger partial charge in [0.1, 0.15) is 23.2 Å². The molecule has 7 nitrogen and oxygen atoms in total. The summed E-state index contributed by atoms with van der Waals surface area (Å²) in [6, 6.07) is 6.97. The molecule has 2 heterocycles. The Kier molecular flexibility index (Phi) is 5.01. The third kappa shape index (κ3) is 4.52. The van der Waals surface area contributed by atoms with Crippen molar-refractivity contribution in [2.75, 3.05) is 29.2 Å². The molecule has 25 heavy (non-hydrogen) atoms. The lowest BCUT2D eigenvalue weighted by molar-refractivity contribution is 0.415. The van der Waals surface area contributed by atoms with Crippen molar-refractivity contribution in [2.45, 2.75) is 19.4 Å². The maximum Gasteiger partial charge on any atom is 0.152 e. The Morgan fingerprint density at radius 3 is 2.64 bits per heavy atom. The minimum absolute atomic E-state index is 0.123. The van der Waals surface area contributed by atoms with Crippen LogP contribution in [0.3, 0.4) is 0 Å². The first-order valence-corrected chi connectivity index (χ1v) is 9.98. The van der Waals surface area contributed by atoms with Gasteiger partial charge in [-0.05, 0) is 31.5 Å². The minimum Gasteiger partial charge on any atom is -0.495 e. The number of aromatic nitrogens is 2. The minimum atomic E-state index is -2.94. The van der Waals surface area contributed by atoms with Gasteiger partial charge in [0.25, 0.3) is 0 Å². The zero-order valence-corrected chi connectivity index (χ0v) is 15.5. The van der Waals surface area contributed by atoms with E-state index in [9.17, 15) is 8.42 Å². The van der Waals surface area contributed by atoms with E-state index in [2.05, 4.69) is 20.6 Å². The average molecular weight is 383 g/mol. The summed E-state index contributed by atoms with van der Waals surface area (Å²) >= 11 is 6.13. The fraction of sp³-hybridized carbons (Fsp3) is 0.375. The van der Waals surface area contributed by atoms with E-state index in [-0.39, 0.29) is 17.5 Å². The quantitative estimate of drug-likeness (QED) is 0.821. The predicted molar refractivity (Wildman–Crippen MR) is 98.7 cm³/mol. The first-order valence-electron chi connectivity index (χ1n) is 7.78. The normalized spacial score (nSPS) is 18.8. The summed E-state index contributed by atoms with van der Waals surface area (Å²) in [7, 11) is -1.39. The lowest BCUT2D eigenvalue weighted by atomic mass is 10.2. The molecule has 0 radical (unpaired) electrons. The lowest BCUT2D eigenvalue weighted by Crippen LogP contribution is -2.21. The monoisotopic (exact) mass is 382 g/mol. The molecule has 1 aromatic heterocycles. The Morgan fingerprint density at radius 2 is 2.00 bits per heavy atom. The number of ether oxygens (including phenoxy) is 1. The molecule has 1 aliphatic rings. The molecule has 0 amide bonds. The standard InChI is InChI=1S/C16H19ClN4O3S/c1-10-18-15(20-11-3-4-14(24-2)13(17)7-11)8-16(19-10)21-12-5-6-25(22,23)9-12/h3-4,7-8,12H,5-6,9H2,1-2H3,(H2,18,19,20,21). The summed E-state index contributed by atoms with van der Waals surface area (Å²) < 4.78 is 28.3. The molecule has 9 heteroatoms. The van der Waals surface area contributed by atoms with Gasteiger partial charge < -0.3 is 15.4 Å². The highest BCUT2D eigenvalue weighted by Gasteiger charge is 2.28. The molecule has 0 aliphatic carbocycles. The fourth-order valence-corrected chi connectivity index (χ4v) is 4.65. The van der Waals surface area contributed by atoms with E-state index in [0.717, 1.165) is 5.69 Å². The molecule has 1 saturated heterocycles. The van der Waals surface area contributed by atoms with Gasteiger partial charge in [-0.3, -0.25) is 0 Å². The van der Waals surface area contributed by atoms with E-state index < -0.39 is 9.84 Å². The van der Waals surface area contributed by atoms with Crippen molar-refractivity contribution in [1.29, 1.82) is 0 Å². The average Bonchev–Trinajstić information content (AvgIpc) is 2.85. The number of rotatable bonds is 5. The number of hydrogen-bond donors (Lipinski definition) is 2. The van der Waals surface area contributed by atoms with Crippen molar-refractivity contribution in [3.63, 3.8) is 0 Å². The highest BCUT2D eigenvalue weighted by Crippen LogP contribution is 2.29.